The minimum atomic E-state index is 0.808. The molecule has 1 rings (SSSR count). The number of nitriles is 1. The van der Waals surface area contributed by atoms with Gasteiger partial charge in [-0.25, -0.2) is 0 Å². The highest BCUT2D eigenvalue weighted by Crippen LogP contribution is 2.22. The minimum absolute atomic E-state index is 0.808. The summed E-state index contributed by atoms with van der Waals surface area (Å²) in [5.41, 5.74) is 3.06. The van der Waals surface area contributed by atoms with Crippen LogP contribution in [0.25, 0.3) is 0 Å². The van der Waals surface area contributed by atoms with Gasteiger partial charge in [-0.15, -0.1) is 0 Å². The maximum absolute atomic E-state index is 9.27. The quantitative estimate of drug-likeness (QED) is 0.716. The molecule has 98 valence electrons. The van der Waals surface area contributed by atoms with Crippen LogP contribution in [0.3, 0.4) is 0 Å². The van der Waals surface area contributed by atoms with Gasteiger partial charge in [0.2, 0.25) is 0 Å². The number of nitrogens with zero attached hydrogens (tertiary/aromatic N) is 2. The number of hydrogen-bond donors (Lipinski definition) is 0. The molecule has 0 amide bonds. The fourth-order valence-corrected chi connectivity index (χ4v) is 2.07. The van der Waals surface area contributed by atoms with E-state index in [1.165, 1.54) is 25.7 Å². The lowest BCUT2D eigenvalue weighted by Crippen LogP contribution is -2.26. The van der Waals surface area contributed by atoms with Gasteiger partial charge < -0.3 is 4.90 Å². The Hall–Kier alpha value is -1.49. The first-order valence-electron chi connectivity index (χ1n) is 6.98. The van der Waals surface area contributed by atoms with Crippen LogP contribution < -0.4 is 4.90 Å². The normalized spacial score (nSPS) is 10.1. The molecule has 0 spiro atoms. The topological polar surface area (TPSA) is 27.0 Å². The summed E-state index contributed by atoms with van der Waals surface area (Å²) in [4.78, 5) is 2.37. The lowest BCUT2D eigenvalue weighted by Gasteiger charge is -2.25. The van der Waals surface area contributed by atoms with Crippen molar-refractivity contribution in [2.75, 3.05) is 18.0 Å². The number of anilines is 1. The molecule has 0 saturated carbocycles. The molecule has 0 unspecified atom stereocenters. The van der Waals surface area contributed by atoms with E-state index in [2.05, 4.69) is 36.9 Å². The second kappa shape index (κ2) is 7.76. The number of benzene rings is 1. The van der Waals surface area contributed by atoms with Crippen molar-refractivity contribution in [1.29, 1.82) is 5.26 Å². The van der Waals surface area contributed by atoms with Crippen LogP contribution in [0.4, 0.5) is 5.69 Å². The van der Waals surface area contributed by atoms with Gasteiger partial charge in [-0.05, 0) is 37.5 Å². The molecule has 18 heavy (non-hydrogen) atoms. The summed E-state index contributed by atoms with van der Waals surface area (Å²) >= 11 is 0. The van der Waals surface area contributed by atoms with Crippen molar-refractivity contribution in [2.45, 2.75) is 46.5 Å². The molecule has 2 heteroatoms. The predicted molar refractivity (Wildman–Crippen MR) is 77.9 cm³/mol. The molecule has 0 heterocycles. The monoisotopic (exact) mass is 244 g/mol. The van der Waals surface area contributed by atoms with Crippen LogP contribution in [0.5, 0.6) is 0 Å². The van der Waals surface area contributed by atoms with Gasteiger partial charge in [0.1, 0.15) is 6.07 Å². The Bertz CT molecular complexity index is 396. The minimum Gasteiger partial charge on any atom is -0.370 e. The van der Waals surface area contributed by atoms with Gasteiger partial charge in [0, 0.05) is 13.1 Å². The second-order valence-corrected chi connectivity index (χ2v) is 4.83. The van der Waals surface area contributed by atoms with Crippen molar-refractivity contribution in [3.63, 3.8) is 0 Å². The largest absolute Gasteiger partial charge is 0.370 e. The molecule has 0 fully saturated rings. The number of hydrogen-bond acceptors (Lipinski definition) is 2. The van der Waals surface area contributed by atoms with Crippen molar-refractivity contribution in [3.8, 4) is 6.07 Å². The van der Waals surface area contributed by atoms with Gasteiger partial charge in [0.25, 0.3) is 0 Å². The maximum Gasteiger partial charge on any atom is 0.101 e. The van der Waals surface area contributed by atoms with Crippen LogP contribution in [-0.4, -0.2) is 13.1 Å². The average Bonchev–Trinajstić information content (AvgIpc) is 2.39. The molecule has 0 aliphatic rings. The van der Waals surface area contributed by atoms with Crippen LogP contribution in [0.15, 0.2) is 18.2 Å². The van der Waals surface area contributed by atoms with E-state index in [1.807, 2.05) is 13.0 Å². The van der Waals surface area contributed by atoms with Crippen LogP contribution in [0, 0.1) is 18.3 Å². The highest BCUT2D eigenvalue weighted by molar-refractivity contribution is 5.60. The predicted octanol–water partition coefficient (Wildman–Crippen LogP) is 4.27. The number of unbranched alkanes of at least 4 members (excludes halogenated alkanes) is 2. The van der Waals surface area contributed by atoms with Crippen LogP contribution in [-0.2, 0) is 0 Å². The van der Waals surface area contributed by atoms with Crippen LogP contribution in [0.2, 0.25) is 0 Å². The summed E-state index contributed by atoms with van der Waals surface area (Å²) in [6.07, 6.45) is 4.75. The first-order chi connectivity index (χ1) is 8.72. The fourth-order valence-electron chi connectivity index (χ4n) is 2.07. The van der Waals surface area contributed by atoms with E-state index in [0.717, 1.165) is 29.9 Å². The van der Waals surface area contributed by atoms with Gasteiger partial charge in [0.15, 0.2) is 0 Å². The average molecular weight is 244 g/mol. The molecular weight excluding hydrogens is 220 g/mol. The molecule has 2 nitrogen and oxygen atoms in total. The standard InChI is InChI=1S/C16H24N2/c1-4-6-10-18(11-7-5-2)16-9-8-14(3)12-15(16)13-17/h8-9,12H,4-7,10-11H2,1-3H3. The fraction of sp³-hybridized carbons (Fsp3) is 0.562. The van der Waals surface area contributed by atoms with E-state index in [-0.39, 0.29) is 0 Å². The molecule has 0 aromatic heterocycles. The molecule has 1 aromatic carbocycles. The zero-order chi connectivity index (χ0) is 13.4. The van der Waals surface area contributed by atoms with Crippen molar-refractivity contribution >= 4 is 5.69 Å². The van der Waals surface area contributed by atoms with Crippen LogP contribution >= 0.6 is 0 Å². The molecule has 0 saturated heterocycles. The Morgan fingerprint density at radius 2 is 1.72 bits per heavy atom. The molecule has 0 bridgehead atoms. The van der Waals surface area contributed by atoms with E-state index in [1.54, 1.807) is 0 Å². The third-order valence-corrected chi connectivity index (χ3v) is 3.18. The van der Waals surface area contributed by atoms with E-state index in [9.17, 15) is 5.26 Å². The summed E-state index contributed by atoms with van der Waals surface area (Å²) in [5.74, 6) is 0. The summed E-state index contributed by atoms with van der Waals surface area (Å²) in [6, 6.07) is 8.51. The Kier molecular flexibility index (Phi) is 6.28. The van der Waals surface area contributed by atoms with Gasteiger partial charge in [-0.1, -0.05) is 32.8 Å². The summed E-state index contributed by atoms with van der Waals surface area (Å²) < 4.78 is 0. The number of aryl methyl sites for hydroxylation is 1. The van der Waals surface area contributed by atoms with Gasteiger partial charge in [-0.3, -0.25) is 0 Å². The summed E-state index contributed by atoms with van der Waals surface area (Å²) in [7, 11) is 0. The highest BCUT2D eigenvalue weighted by Gasteiger charge is 2.10. The van der Waals surface area contributed by atoms with E-state index in [0.29, 0.717) is 0 Å². The zero-order valence-electron chi connectivity index (χ0n) is 11.9. The SMILES string of the molecule is CCCCN(CCCC)c1ccc(C)cc1C#N. The first kappa shape index (κ1) is 14.6. The van der Waals surface area contributed by atoms with Crippen molar-refractivity contribution in [2.24, 2.45) is 0 Å². The summed E-state index contributed by atoms with van der Waals surface area (Å²) in [6.45, 7) is 8.55. The smallest absolute Gasteiger partial charge is 0.101 e. The van der Waals surface area contributed by atoms with Crippen molar-refractivity contribution < 1.29 is 0 Å². The Balaban J connectivity index is 2.92. The first-order valence-corrected chi connectivity index (χ1v) is 6.98. The molecular formula is C16H24N2. The third kappa shape index (κ3) is 4.07. The van der Waals surface area contributed by atoms with Gasteiger partial charge in [0.05, 0.1) is 11.3 Å². The van der Waals surface area contributed by atoms with Gasteiger partial charge >= 0.3 is 0 Å². The Morgan fingerprint density at radius 3 is 2.22 bits per heavy atom. The van der Waals surface area contributed by atoms with E-state index in [4.69, 9.17) is 0 Å². The van der Waals surface area contributed by atoms with Crippen LogP contribution in [0.1, 0.15) is 50.7 Å². The van der Waals surface area contributed by atoms with E-state index >= 15 is 0 Å². The molecule has 0 radical (unpaired) electrons. The Morgan fingerprint density at radius 1 is 1.11 bits per heavy atom. The lowest BCUT2D eigenvalue weighted by atomic mass is 10.1. The second-order valence-electron chi connectivity index (χ2n) is 4.83. The third-order valence-electron chi connectivity index (χ3n) is 3.18. The molecule has 0 aliphatic heterocycles. The summed E-state index contributed by atoms with van der Waals surface area (Å²) in [5, 5.41) is 9.27. The van der Waals surface area contributed by atoms with Crippen molar-refractivity contribution in [1.82, 2.24) is 0 Å². The Labute approximate surface area is 111 Å². The lowest BCUT2D eigenvalue weighted by molar-refractivity contribution is 0.677. The van der Waals surface area contributed by atoms with E-state index < -0.39 is 0 Å². The molecule has 0 atom stereocenters. The molecule has 0 N–H and O–H groups in total. The maximum atomic E-state index is 9.27. The zero-order valence-corrected chi connectivity index (χ0v) is 11.9. The van der Waals surface area contributed by atoms with Gasteiger partial charge in [-0.2, -0.15) is 5.26 Å². The highest BCUT2D eigenvalue weighted by atomic mass is 15.1. The number of rotatable bonds is 7. The van der Waals surface area contributed by atoms with Crippen molar-refractivity contribution in [3.05, 3.63) is 29.3 Å². The molecule has 1 aromatic rings. The molecule has 0 aliphatic carbocycles.